The number of aromatic nitrogens is 4. The highest BCUT2D eigenvalue weighted by atomic mass is 32.2. The number of hydrogen-bond acceptors (Lipinski definition) is 4. The fourth-order valence-electron chi connectivity index (χ4n) is 1.69. The van der Waals surface area contributed by atoms with Crippen molar-refractivity contribution in [1.29, 1.82) is 0 Å². The quantitative estimate of drug-likeness (QED) is 0.653. The van der Waals surface area contributed by atoms with Crippen LogP contribution in [0.5, 0.6) is 0 Å². The highest BCUT2D eigenvalue weighted by molar-refractivity contribution is 7.98. The molecule has 1 aliphatic rings. The van der Waals surface area contributed by atoms with Gasteiger partial charge in [0, 0.05) is 5.75 Å². The maximum Gasteiger partial charge on any atom is 0.214 e. The first-order valence-electron chi connectivity index (χ1n) is 4.36. The summed E-state index contributed by atoms with van der Waals surface area (Å²) in [5.41, 5.74) is 3.66. The van der Waals surface area contributed by atoms with Crippen molar-refractivity contribution in [2.45, 2.75) is 17.8 Å². The second-order valence-corrected chi connectivity index (χ2v) is 4.19. The topological polar surface area (TPSA) is 43.6 Å². The van der Waals surface area contributed by atoms with Crippen molar-refractivity contribution >= 4 is 11.8 Å². The van der Waals surface area contributed by atoms with Gasteiger partial charge in [0.05, 0.1) is 5.69 Å². The Kier molecular flexibility index (Phi) is 1.61. The SMILES string of the molecule is Cc1cccc2c1-n1nnnc1SC2. The Balaban J connectivity index is 2.34. The van der Waals surface area contributed by atoms with Gasteiger partial charge in [-0.3, -0.25) is 0 Å². The summed E-state index contributed by atoms with van der Waals surface area (Å²) in [6, 6.07) is 6.28. The lowest BCUT2D eigenvalue weighted by molar-refractivity contribution is 0.740. The number of fused-ring (bicyclic) bond motifs is 3. The predicted octanol–water partition coefficient (Wildman–Crippen LogP) is 1.58. The lowest BCUT2D eigenvalue weighted by Gasteiger charge is -2.16. The molecule has 4 nitrogen and oxygen atoms in total. The Morgan fingerprint density at radius 2 is 2.36 bits per heavy atom. The van der Waals surface area contributed by atoms with E-state index in [1.165, 1.54) is 11.1 Å². The molecule has 0 radical (unpaired) electrons. The molecule has 0 spiro atoms. The number of aryl methyl sites for hydroxylation is 1. The predicted molar refractivity (Wildman–Crippen MR) is 53.5 cm³/mol. The van der Waals surface area contributed by atoms with Gasteiger partial charge in [-0.15, -0.1) is 5.10 Å². The molecule has 1 aromatic carbocycles. The van der Waals surface area contributed by atoms with E-state index in [4.69, 9.17) is 0 Å². The van der Waals surface area contributed by atoms with Crippen LogP contribution in [0.3, 0.4) is 0 Å². The van der Waals surface area contributed by atoms with Crippen molar-refractivity contribution in [1.82, 2.24) is 20.2 Å². The van der Waals surface area contributed by atoms with Crippen molar-refractivity contribution in [3.63, 3.8) is 0 Å². The van der Waals surface area contributed by atoms with E-state index >= 15 is 0 Å². The maximum absolute atomic E-state index is 3.99. The third kappa shape index (κ3) is 0.988. The van der Waals surface area contributed by atoms with Gasteiger partial charge in [0.25, 0.3) is 0 Å². The fraction of sp³-hybridized carbons (Fsp3) is 0.222. The van der Waals surface area contributed by atoms with Gasteiger partial charge in [-0.05, 0) is 28.5 Å². The molecule has 0 atom stereocenters. The minimum Gasteiger partial charge on any atom is -0.187 e. The molecule has 1 aliphatic heterocycles. The Morgan fingerprint density at radius 3 is 3.29 bits per heavy atom. The van der Waals surface area contributed by atoms with Crippen LogP contribution in [0.4, 0.5) is 0 Å². The molecule has 2 heterocycles. The van der Waals surface area contributed by atoms with E-state index in [9.17, 15) is 0 Å². The molecule has 0 saturated heterocycles. The van der Waals surface area contributed by atoms with Crippen LogP contribution in [0.1, 0.15) is 11.1 Å². The van der Waals surface area contributed by atoms with Crippen LogP contribution in [0.2, 0.25) is 0 Å². The molecule has 2 aromatic rings. The van der Waals surface area contributed by atoms with Gasteiger partial charge < -0.3 is 0 Å². The number of rotatable bonds is 0. The zero-order valence-electron chi connectivity index (χ0n) is 7.64. The zero-order chi connectivity index (χ0) is 9.54. The summed E-state index contributed by atoms with van der Waals surface area (Å²) in [6.07, 6.45) is 0. The Morgan fingerprint density at radius 1 is 1.43 bits per heavy atom. The molecule has 0 bridgehead atoms. The molecule has 0 unspecified atom stereocenters. The van der Waals surface area contributed by atoms with Crippen molar-refractivity contribution in [2.75, 3.05) is 0 Å². The summed E-state index contributed by atoms with van der Waals surface area (Å²) in [4.78, 5) is 0. The van der Waals surface area contributed by atoms with Gasteiger partial charge >= 0.3 is 0 Å². The van der Waals surface area contributed by atoms with Crippen LogP contribution in [0.15, 0.2) is 23.4 Å². The first kappa shape index (κ1) is 7.99. The number of nitrogens with zero attached hydrogens (tertiary/aromatic N) is 4. The van der Waals surface area contributed by atoms with Crippen molar-refractivity contribution < 1.29 is 0 Å². The van der Waals surface area contributed by atoms with Gasteiger partial charge in [-0.2, -0.15) is 4.68 Å². The summed E-state index contributed by atoms with van der Waals surface area (Å²) >= 11 is 1.67. The summed E-state index contributed by atoms with van der Waals surface area (Å²) in [7, 11) is 0. The van der Waals surface area contributed by atoms with Crippen LogP contribution in [-0.4, -0.2) is 20.2 Å². The minimum absolute atomic E-state index is 0.881. The van der Waals surface area contributed by atoms with E-state index in [2.05, 4.69) is 40.6 Å². The van der Waals surface area contributed by atoms with Crippen molar-refractivity contribution in [2.24, 2.45) is 0 Å². The van der Waals surface area contributed by atoms with E-state index in [0.29, 0.717) is 0 Å². The summed E-state index contributed by atoms with van der Waals surface area (Å²) < 4.78 is 1.82. The molecule has 0 aliphatic carbocycles. The Bertz CT molecular complexity index is 491. The molecular weight excluding hydrogens is 196 g/mol. The molecule has 3 rings (SSSR count). The first-order chi connectivity index (χ1) is 6.86. The molecule has 0 saturated carbocycles. The molecule has 1 aromatic heterocycles. The average molecular weight is 204 g/mol. The number of benzene rings is 1. The Hall–Kier alpha value is -1.36. The third-order valence-electron chi connectivity index (χ3n) is 2.33. The van der Waals surface area contributed by atoms with E-state index in [-0.39, 0.29) is 0 Å². The van der Waals surface area contributed by atoms with Gasteiger partial charge in [-0.25, -0.2) is 0 Å². The summed E-state index contributed by atoms with van der Waals surface area (Å²) in [6.45, 7) is 2.08. The molecule has 70 valence electrons. The molecule has 5 heteroatoms. The normalized spacial score (nSPS) is 13.5. The second-order valence-electron chi connectivity index (χ2n) is 3.24. The number of thioether (sulfide) groups is 1. The lowest BCUT2D eigenvalue weighted by Crippen LogP contribution is -2.09. The van der Waals surface area contributed by atoms with E-state index < -0.39 is 0 Å². The molecular formula is C9H8N4S. The average Bonchev–Trinajstić information content (AvgIpc) is 2.65. The van der Waals surface area contributed by atoms with Gasteiger partial charge in [0.1, 0.15) is 0 Å². The number of tetrazole rings is 1. The van der Waals surface area contributed by atoms with Crippen LogP contribution < -0.4 is 0 Å². The monoisotopic (exact) mass is 204 g/mol. The molecule has 0 fully saturated rings. The fourth-order valence-corrected chi connectivity index (χ4v) is 2.55. The Labute approximate surface area is 85.3 Å². The molecule has 0 amide bonds. The number of hydrogen-bond donors (Lipinski definition) is 0. The zero-order valence-corrected chi connectivity index (χ0v) is 8.45. The summed E-state index contributed by atoms with van der Waals surface area (Å²) in [5, 5.41) is 12.5. The van der Waals surface area contributed by atoms with E-state index in [1.807, 2.05) is 4.68 Å². The van der Waals surface area contributed by atoms with Crippen molar-refractivity contribution in [3.8, 4) is 5.69 Å². The first-order valence-corrected chi connectivity index (χ1v) is 5.35. The van der Waals surface area contributed by atoms with Gasteiger partial charge in [0.15, 0.2) is 0 Å². The van der Waals surface area contributed by atoms with Gasteiger partial charge in [-0.1, -0.05) is 30.0 Å². The third-order valence-corrected chi connectivity index (χ3v) is 3.30. The summed E-state index contributed by atoms with van der Waals surface area (Å²) in [5.74, 6) is 0.956. The van der Waals surface area contributed by atoms with E-state index in [0.717, 1.165) is 16.6 Å². The maximum atomic E-state index is 3.99. The van der Waals surface area contributed by atoms with Crippen LogP contribution >= 0.6 is 11.8 Å². The largest absolute Gasteiger partial charge is 0.214 e. The smallest absolute Gasteiger partial charge is 0.187 e. The van der Waals surface area contributed by atoms with E-state index in [1.54, 1.807) is 11.8 Å². The van der Waals surface area contributed by atoms with Crippen LogP contribution in [0.25, 0.3) is 5.69 Å². The number of para-hydroxylation sites is 1. The minimum atomic E-state index is 0.881. The van der Waals surface area contributed by atoms with Crippen molar-refractivity contribution in [3.05, 3.63) is 29.3 Å². The molecule has 14 heavy (non-hydrogen) atoms. The molecule has 0 N–H and O–H groups in total. The second kappa shape index (κ2) is 2.81. The standard InChI is InChI=1S/C9H8N4S/c1-6-3-2-4-7-5-14-9-10-11-12-13(9)8(6)7/h2-4H,5H2,1H3. The van der Waals surface area contributed by atoms with Crippen LogP contribution in [0, 0.1) is 6.92 Å². The van der Waals surface area contributed by atoms with Crippen LogP contribution in [-0.2, 0) is 5.75 Å². The highest BCUT2D eigenvalue weighted by Gasteiger charge is 2.19. The van der Waals surface area contributed by atoms with Gasteiger partial charge in [0.2, 0.25) is 5.16 Å². The highest BCUT2D eigenvalue weighted by Crippen LogP contribution is 2.32. The lowest BCUT2D eigenvalue weighted by atomic mass is 10.1.